The number of nitrogens with zero attached hydrogens (tertiary/aromatic N) is 1. The predicted molar refractivity (Wildman–Crippen MR) is 108 cm³/mol. The van der Waals surface area contributed by atoms with Crippen LogP contribution in [0.25, 0.3) is 0 Å². The zero-order valence-corrected chi connectivity index (χ0v) is 17.0. The van der Waals surface area contributed by atoms with Gasteiger partial charge in [0.2, 0.25) is 0 Å². The number of alkyl halides is 3. The maximum atomic E-state index is 13.5. The van der Waals surface area contributed by atoms with Crippen molar-refractivity contribution in [1.82, 2.24) is 4.90 Å². The molecule has 1 saturated heterocycles. The van der Waals surface area contributed by atoms with E-state index in [4.69, 9.17) is 9.84 Å². The fourth-order valence-electron chi connectivity index (χ4n) is 4.82. The fourth-order valence-corrected chi connectivity index (χ4v) is 4.82. The highest BCUT2D eigenvalue weighted by atomic mass is 19.4. The average Bonchev–Trinajstić information content (AvgIpc) is 3.45. The van der Waals surface area contributed by atoms with E-state index in [1.54, 1.807) is 12.1 Å². The second kappa shape index (κ2) is 7.55. The van der Waals surface area contributed by atoms with E-state index in [-0.39, 0.29) is 24.5 Å². The normalized spacial score (nSPS) is 21.6. The van der Waals surface area contributed by atoms with Crippen LogP contribution in [0.1, 0.15) is 59.0 Å². The van der Waals surface area contributed by atoms with Crippen molar-refractivity contribution in [1.29, 1.82) is 0 Å². The first-order valence-electron chi connectivity index (χ1n) is 10.7. The van der Waals surface area contributed by atoms with Crippen molar-refractivity contribution in [2.24, 2.45) is 5.92 Å². The Morgan fingerprint density at radius 1 is 1.06 bits per heavy atom. The zero-order chi connectivity index (χ0) is 21.8. The number of ether oxygens (including phenoxy) is 1. The summed E-state index contributed by atoms with van der Waals surface area (Å²) < 4.78 is 46.2. The Bertz CT molecular complexity index is 1010. The molecular formula is C24H24F3NO3. The highest BCUT2D eigenvalue weighted by Crippen LogP contribution is 2.46. The van der Waals surface area contributed by atoms with Crippen molar-refractivity contribution >= 4 is 5.97 Å². The van der Waals surface area contributed by atoms with E-state index in [1.807, 2.05) is 18.2 Å². The number of aliphatic carboxylic acids is 1. The number of fused-ring (bicyclic) bond motifs is 1. The number of hydrogen-bond donors (Lipinski definition) is 1. The third kappa shape index (κ3) is 4.03. The molecule has 0 spiro atoms. The topological polar surface area (TPSA) is 49.8 Å². The van der Waals surface area contributed by atoms with Crippen molar-refractivity contribution < 1.29 is 27.8 Å². The van der Waals surface area contributed by atoms with Gasteiger partial charge in [0.25, 0.3) is 0 Å². The Labute approximate surface area is 178 Å². The standard InChI is InChI=1S/C24H24F3NO3/c25-24(26,27)21-9-14(1-6-19(21)15-2-3-15)13-31-18-5-7-20-16(10-18)4-8-22(20)28-11-17(12-28)23(29)30/h1,5-7,9-10,15,17,22H,2-4,8,11-13H2,(H,29,30). The molecule has 4 nitrogen and oxygen atoms in total. The van der Waals surface area contributed by atoms with E-state index in [9.17, 15) is 18.0 Å². The Morgan fingerprint density at radius 2 is 1.81 bits per heavy atom. The minimum absolute atomic E-state index is 0.0356. The smallest absolute Gasteiger partial charge is 0.416 e. The maximum absolute atomic E-state index is 13.5. The number of rotatable bonds is 6. The molecule has 164 valence electrons. The Balaban J connectivity index is 1.26. The van der Waals surface area contributed by atoms with Gasteiger partial charge in [0.1, 0.15) is 12.4 Å². The summed E-state index contributed by atoms with van der Waals surface area (Å²) >= 11 is 0. The molecule has 7 heteroatoms. The Morgan fingerprint density at radius 3 is 2.48 bits per heavy atom. The Hall–Kier alpha value is -2.54. The molecule has 0 bridgehead atoms. The van der Waals surface area contributed by atoms with Crippen molar-refractivity contribution in [2.75, 3.05) is 13.1 Å². The summed E-state index contributed by atoms with van der Waals surface area (Å²) in [7, 11) is 0. The van der Waals surface area contributed by atoms with Crippen molar-refractivity contribution in [3.05, 3.63) is 64.2 Å². The number of halogens is 3. The van der Waals surface area contributed by atoms with Crippen LogP contribution in [0.5, 0.6) is 5.75 Å². The molecule has 5 rings (SSSR count). The molecule has 3 aliphatic rings. The minimum Gasteiger partial charge on any atom is -0.489 e. The first kappa shape index (κ1) is 20.4. The molecule has 1 heterocycles. The van der Waals surface area contributed by atoms with Gasteiger partial charge in [-0.05, 0) is 72.1 Å². The van der Waals surface area contributed by atoms with E-state index in [1.165, 1.54) is 17.2 Å². The van der Waals surface area contributed by atoms with Gasteiger partial charge in [-0.2, -0.15) is 13.2 Å². The lowest BCUT2D eigenvalue weighted by Gasteiger charge is -2.41. The van der Waals surface area contributed by atoms with Crippen LogP contribution in [0.15, 0.2) is 36.4 Å². The molecule has 2 fully saturated rings. The molecule has 0 amide bonds. The summed E-state index contributed by atoms with van der Waals surface area (Å²) in [6.45, 7) is 1.24. The van der Waals surface area contributed by atoms with Crippen LogP contribution in [0.3, 0.4) is 0 Å². The molecule has 2 aliphatic carbocycles. The van der Waals surface area contributed by atoms with Gasteiger partial charge in [0.05, 0.1) is 11.5 Å². The number of benzene rings is 2. The molecule has 0 radical (unpaired) electrons. The lowest BCUT2D eigenvalue weighted by Crippen LogP contribution is -2.51. The van der Waals surface area contributed by atoms with Gasteiger partial charge < -0.3 is 9.84 Å². The van der Waals surface area contributed by atoms with Crippen LogP contribution in [0.4, 0.5) is 13.2 Å². The van der Waals surface area contributed by atoms with Crippen molar-refractivity contribution in [2.45, 2.75) is 50.4 Å². The molecule has 1 atom stereocenters. The second-order valence-corrected chi connectivity index (χ2v) is 8.89. The molecule has 2 aromatic carbocycles. The number of likely N-dealkylation sites (tertiary alicyclic amines) is 1. The summed E-state index contributed by atoms with van der Waals surface area (Å²) in [5.74, 6) is -0.337. The monoisotopic (exact) mass is 431 g/mol. The fraction of sp³-hybridized carbons (Fsp3) is 0.458. The van der Waals surface area contributed by atoms with Crippen LogP contribution in [0.2, 0.25) is 0 Å². The third-order valence-corrected chi connectivity index (χ3v) is 6.71. The largest absolute Gasteiger partial charge is 0.489 e. The average molecular weight is 431 g/mol. The summed E-state index contributed by atoms with van der Waals surface area (Å²) in [4.78, 5) is 13.2. The molecule has 1 saturated carbocycles. The SMILES string of the molecule is O=C(O)C1CN(C2CCc3cc(OCc4ccc(C5CC5)c(C(F)(F)F)c4)ccc32)C1. The number of carbonyl (C=O) groups is 1. The Kier molecular flexibility index (Phi) is 4.96. The summed E-state index contributed by atoms with van der Waals surface area (Å²) in [6.07, 6.45) is -0.873. The van der Waals surface area contributed by atoms with Gasteiger partial charge in [-0.3, -0.25) is 9.69 Å². The van der Waals surface area contributed by atoms with Gasteiger partial charge in [-0.1, -0.05) is 18.2 Å². The molecule has 1 aliphatic heterocycles. The van der Waals surface area contributed by atoms with E-state index < -0.39 is 17.7 Å². The summed E-state index contributed by atoms with van der Waals surface area (Å²) in [6, 6.07) is 10.6. The van der Waals surface area contributed by atoms with E-state index in [0.29, 0.717) is 30.0 Å². The number of carboxylic acid groups (broad SMARTS) is 1. The third-order valence-electron chi connectivity index (χ3n) is 6.71. The number of hydrogen-bond acceptors (Lipinski definition) is 3. The quantitative estimate of drug-likeness (QED) is 0.686. The van der Waals surface area contributed by atoms with Crippen molar-refractivity contribution in [3.8, 4) is 5.75 Å². The van der Waals surface area contributed by atoms with Crippen molar-refractivity contribution in [3.63, 3.8) is 0 Å². The maximum Gasteiger partial charge on any atom is 0.416 e. The first-order chi connectivity index (χ1) is 14.8. The van der Waals surface area contributed by atoms with Crippen LogP contribution < -0.4 is 4.74 Å². The lowest BCUT2D eigenvalue weighted by molar-refractivity contribution is -0.148. The summed E-state index contributed by atoms with van der Waals surface area (Å²) in [5, 5.41) is 9.08. The number of carboxylic acids is 1. The van der Waals surface area contributed by atoms with Crippen LogP contribution in [-0.2, 0) is 24.0 Å². The van der Waals surface area contributed by atoms with Gasteiger partial charge in [0, 0.05) is 19.1 Å². The van der Waals surface area contributed by atoms with E-state index in [0.717, 1.165) is 25.7 Å². The highest BCUT2D eigenvalue weighted by molar-refractivity contribution is 5.71. The molecule has 0 aromatic heterocycles. The molecule has 2 aromatic rings. The second-order valence-electron chi connectivity index (χ2n) is 8.89. The number of aryl methyl sites for hydroxylation is 1. The molecule has 31 heavy (non-hydrogen) atoms. The summed E-state index contributed by atoms with van der Waals surface area (Å²) in [5.41, 5.74) is 2.74. The van der Waals surface area contributed by atoms with Gasteiger partial charge in [0.15, 0.2) is 0 Å². The molecule has 1 N–H and O–H groups in total. The van der Waals surface area contributed by atoms with Gasteiger partial charge in [-0.25, -0.2) is 0 Å². The zero-order valence-electron chi connectivity index (χ0n) is 17.0. The van der Waals surface area contributed by atoms with Crippen LogP contribution in [-0.4, -0.2) is 29.1 Å². The molecule has 1 unspecified atom stereocenters. The van der Waals surface area contributed by atoms with Gasteiger partial charge >= 0.3 is 12.1 Å². The lowest BCUT2D eigenvalue weighted by atomic mass is 9.95. The first-order valence-corrected chi connectivity index (χ1v) is 10.7. The van der Waals surface area contributed by atoms with Crippen LogP contribution >= 0.6 is 0 Å². The van der Waals surface area contributed by atoms with Gasteiger partial charge in [-0.15, -0.1) is 0 Å². The van der Waals surface area contributed by atoms with E-state index >= 15 is 0 Å². The minimum atomic E-state index is -4.35. The molecular weight excluding hydrogens is 407 g/mol. The highest BCUT2D eigenvalue weighted by Gasteiger charge is 2.40. The van der Waals surface area contributed by atoms with Crippen LogP contribution in [0, 0.1) is 5.92 Å². The van der Waals surface area contributed by atoms with E-state index in [2.05, 4.69) is 4.90 Å². The predicted octanol–water partition coefficient (Wildman–Crippen LogP) is 5.17.